The average Bonchev–Trinajstić information content (AvgIpc) is 2.38. The lowest BCUT2D eigenvalue weighted by atomic mass is 9.69. The number of hydrogen-bond donors (Lipinski definition) is 0. The summed E-state index contributed by atoms with van der Waals surface area (Å²) in [6.45, 7) is 1.65. The number of carbonyl (C=O) groups is 2. The first kappa shape index (κ1) is 12.8. The molecule has 1 fully saturated rings. The quantitative estimate of drug-likeness (QED) is 0.811. The second-order valence-electron chi connectivity index (χ2n) is 5.02. The predicted molar refractivity (Wildman–Crippen MR) is 65.7 cm³/mol. The summed E-state index contributed by atoms with van der Waals surface area (Å²) in [6, 6.07) is 9.48. The number of benzene rings is 1. The van der Waals surface area contributed by atoms with E-state index in [-0.39, 0.29) is 17.6 Å². The number of carboxylic acid groups (broad SMARTS) is 1. The van der Waals surface area contributed by atoms with Crippen LogP contribution >= 0.6 is 0 Å². The van der Waals surface area contributed by atoms with Gasteiger partial charge in [0.05, 0.1) is 0 Å². The molecular formula is C15H17O3-. The molecule has 18 heavy (non-hydrogen) atoms. The van der Waals surface area contributed by atoms with Gasteiger partial charge in [-0.05, 0) is 30.2 Å². The van der Waals surface area contributed by atoms with E-state index in [1.165, 1.54) is 0 Å². The molecule has 1 saturated carbocycles. The summed E-state index contributed by atoms with van der Waals surface area (Å²) in [7, 11) is 0. The maximum atomic E-state index is 12.1. The first-order valence-corrected chi connectivity index (χ1v) is 6.39. The fraction of sp³-hybridized carbons (Fsp3) is 0.467. The Kier molecular flexibility index (Phi) is 3.80. The van der Waals surface area contributed by atoms with E-state index in [0.29, 0.717) is 6.42 Å². The standard InChI is InChI=1S/C15H18O3/c1-10(15(17)18)12-8-5-9-13(16)14(12)11-6-3-2-4-7-11/h2-4,6-7,10,12,14H,5,8-9H2,1H3,(H,17,18)/p-1. The number of rotatable bonds is 3. The molecule has 3 heteroatoms. The molecule has 1 aromatic carbocycles. The van der Waals surface area contributed by atoms with Crippen LogP contribution in [0.5, 0.6) is 0 Å². The molecule has 3 unspecified atom stereocenters. The van der Waals surface area contributed by atoms with Gasteiger partial charge in [0, 0.05) is 18.3 Å². The summed E-state index contributed by atoms with van der Waals surface area (Å²) in [4.78, 5) is 23.2. The van der Waals surface area contributed by atoms with Gasteiger partial charge in [-0.3, -0.25) is 4.79 Å². The molecule has 0 spiro atoms. The second-order valence-corrected chi connectivity index (χ2v) is 5.02. The molecule has 0 aliphatic heterocycles. The van der Waals surface area contributed by atoms with E-state index in [1.54, 1.807) is 6.92 Å². The minimum atomic E-state index is -1.06. The van der Waals surface area contributed by atoms with Crippen LogP contribution in [0.2, 0.25) is 0 Å². The van der Waals surface area contributed by atoms with E-state index < -0.39 is 11.9 Å². The van der Waals surface area contributed by atoms with Crippen LogP contribution < -0.4 is 5.11 Å². The van der Waals surface area contributed by atoms with Gasteiger partial charge < -0.3 is 9.90 Å². The average molecular weight is 245 g/mol. The number of carbonyl (C=O) groups excluding carboxylic acids is 2. The van der Waals surface area contributed by atoms with E-state index in [9.17, 15) is 14.7 Å². The highest BCUT2D eigenvalue weighted by atomic mass is 16.4. The molecule has 0 bridgehead atoms. The van der Waals surface area contributed by atoms with Gasteiger partial charge in [0.25, 0.3) is 0 Å². The van der Waals surface area contributed by atoms with Gasteiger partial charge in [-0.25, -0.2) is 0 Å². The van der Waals surface area contributed by atoms with Crippen LogP contribution in [0.1, 0.15) is 37.7 Å². The Labute approximate surface area is 107 Å². The third kappa shape index (κ3) is 2.45. The number of ketones is 1. The Balaban J connectivity index is 2.32. The maximum absolute atomic E-state index is 12.1. The zero-order valence-electron chi connectivity index (χ0n) is 10.5. The second kappa shape index (κ2) is 5.34. The van der Waals surface area contributed by atoms with Crippen molar-refractivity contribution in [1.82, 2.24) is 0 Å². The van der Waals surface area contributed by atoms with Crippen molar-refractivity contribution in [1.29, 1.82) is 0 Å². The van der Waals surface area contributed by atoms with Gasteiger partial charge in [-0.1, -0.05) is 37.3 Å². The molecule has 2 rings (SSSR count). The third-order valence-electron chi connectivity index (χ3n) is 3.91. The third-order valence-corrected chi connectivity index (χ3v) is 3.91. The maximum Gasteiger partial charge on any atom is 0.140 e. The minimum absolute atomic E-state index is 0.140. The zero-order valence-corrected chi connectivity index (χ0v) is 10.5. The fourth-order valence-corrected chi connectivity index (χ4v) is 2.88. The molecule has 1 aliphatic carbocycles. The molecule has 0 saturated heterocycles. The highest BCUT2D eigenvalue weighted by molar-refractivity contribution is 5.87. The Bertz CT molecular complexity index is 438. The number of aliphatic carboxylic acids is 1. The summed E-state index contributed by atoms with van der Waals surface area (Å²) in [6.07, 6.45) is 2.11. The Morgan fingerprint density at radius 1 is 1.33 bits per heavy atom. The number of hydrogen-bond acceptors (Lipinski definition) is 3. The van der Waals surface area contributed by atoms with E-state index >= 15 is 0 Å². The lowest BCUT2D eigenvalue weighted by Crippen LogP contribution is -2.40. The van der Waals surface area contributed by atoms with Crippen molar-refractivity contribution in [2.24, 2.45) is 11.8 Å². The molecule has 0 N–H and O–H groups in total. The molecule has 0 heterocycles. The fourth-order valence-electron chi connectivity index (χ4n) is 2.88. The number of Topliss-reactive ketones (excluding diaryl/α,β-unsaturated/α-hetero) is 1. The lowest BCUT2D eigenvalue weighted by molar-refractivity contribution is -0.313. The van der Waals surface area contributed by atoms with Gasteiger partial charge in [-0.15, -0.1) is 0 Å². The van der Waals surface area contributed by atoms with E-state index in [2.05, 4.69) is 0 Å². The highest BCUT2D eigenvalue weighted by Gasteiger charge is 2.36. The predicted octanol–water partition coefficient (Wildman–Crippen LogP) is 1.53. The van der Waals surface area contributed by atoms with Crippen LogP contribution in [-0.2, 0) is 9.59 Å². The van der Waals surface area contributed by atoms with Gasteiger partial charge in [0.15, 0.2) is 0 Å². The van der Waals surface area contributed by atoms with Crippen LogP contribution in [0, 0.1) is 11.8 Å². The van der Waals surface area contributed by atoms with E-state index in [0.717, 1.165) is 18.4 Å². The molecule has 96 valence electrons. The van der Waals surface area contributed by atoms with Crippen LogP contribution in [0.3, 0.4) is 0 Å². The van der Waals surface area contributed by atoms with Crippen molar-refractivity contribution in [3.63, 3.8) is 0 Å². The van der Waals surface area contributed by atoms with Gasteiger partial charge in [0.2, 0.25) is 0 Å². The molecule has 3 atom stereocenters. The Morgan fingerprint density at radius 2 is 2.00 bits per heavy atom. The van der Waals surface area contributed by atoms with Crippen molar-refractivity contribution < 1.29 is 14.7 Å². The Morgan fingerprint density at radius 3 is 2.61 bits per heavy atom. The first-order valence-electron chi connectivity index (χ1n) is 6.39. The summed E-state index contributed by atoms with van der Waals surface area (Å²) < 4.78 is 0. The lowest BCUT2D eigenvalue weighted by Gasteiger charge is -2.35. The summed E-state index contributed by atoms with van der Waals surface area (Å²) in [5, 5.41) is 11.1. The van der Waals surface area contributed by atoms with Crippen molar-refractivity contribution >= 4 is 11.8 Å². The molecule has 1 aliphatic rings. The van der Waals surface area contributed by atoms with Gasteiger partial charge in [-0.2, -0.15) is 0 Å². The SMILES string of the molecule is CC(C(=O)[O-])C1CCCC(=O)C1c1ccccc1. The molecule has 0 aromatic heterocycles. The normalized spacial score (nSPS) is 25.7. The zero-order chi connectivity index (χ0) is 13.1. The highest BCUT2D eigenvalue weighted by Crippen LogP contribution is 2.39. The first-order chi connectivity index (χ1) is 8.61. The molecule has 0 radical (unpaired) electrons. The number of carboxylic acids is 1. The van der Waals surface area contributed by atoms with Crippen LogP contribution in [0.25, 0.3) is 0 Å². The topological polar surface area (TPSA) is 57.2 Å². The van der Waals surface area contributed by atoms with E-state index in [1.807, 2.05) is 30.3 Å². The van der Waals surface area contributed by atoms with Gasteiger partial charge >= 0.3 is 0 Å². The molecule has 0 amide bonds. The summed E-state index contributed by atoms with van der Waals surface area (Å²) in [5.41, 5.74) is 0.931. The van der Waals surface area contributed by atoms with Crippen molar-refractivity contribution in [3.8, 4) is 0 Å². The van der Waals surface area contributed by atoms with Crippen LogP contribution in [-0.4, -0.2) is 11.8 Å². The smallest absolute Gasteiger partial charge is 0.140 e. The Hall–Kier alpha value is -1.64. The van der Waals surface area contributed by atoms with Gasteiger partial charge in [0.1, 0.15) is 5.78 Å². The van der Waals surface area contributed by atoms with Crippen molar-refractivity contribution in [2.75, 3.05) is 0 Å². The summed E-state index contributed by atoms with van der Waals surface area (Å²) >= 11 is 0. The monoisotopic (exact) mass is 245 g/mol. The van der Waals surface area contributed by atoms with Crippen molar-refractivity contribution in [2.45, 2.75) is 32.1 Å². The van der Waals surface area contributed by atoms with E-state index in [4.69, 9.17) is 0 Å². The summed E-state index contributed by atoms with van der Waals surface area (Å²) in [5.74, 6) is -1.91. The van der Waals surface area contributed by atoms with Crippen LogP contribution in [0.4, 0.5) is 0 Å². The molecule has 1 aromatic rings. The van der Waals surface area contributed by atoms with Crippen molar-refractivity contribution in [3.05, 3.63) is 35.9 Å². The molecule has 3 nitrogen and oxygen atoms in total. The molecular weight excluding hydrogens is 228 g/mol. The minimum Gasteiger partial charge on any atom is -0.550 e. The largest absolute Gasteiger partial charge is 0.550 e. The van der Waals surface area contributed by atoms with Crippen LogP contribution in [0.15, 0.2) is 30.3 Å².